The molecule has 290 valence electrons. The molecule has 0 unspecified atom stereocenters. The molecule has 0 aliphatic carbocycles. The Labute approximate surface area is 315 Å². The van der Waals surface area contributed by atoms with Crippen LogP contribution in [0.1, 0.15) is 0 Å². The lowest BCUT2D eigenvalue weighted by Gasteiger charge is -2.14. The highest BCUT2D eigenvalue weighted by Gasteiger charge is 2.25. The van der Waals surface area contributed by atoms with Gasteiger partial charge in [0.25, 0.3) is 10.1 Å². The van der Waals surface area contributed by atoms with Crippen molar-refractivity contribution in [1.29, 1.82) is 0 Å². The lowest BCUT2D eigenvalue weighted by atomic mass is 10.1. The number of hydrogen-bond acceptors (Lipinski definition) is 20. The van der Waals surface area contributed by atoms with Crippen LogP contribution in [0.4, 0.5) is 28.4 Å². The van der Waals surface area contributed by atoms with Gasteiger partial charge >= 0.3 is 10.4 Å². The highest BCUT2D eigenvalue weighted by molar-refractivity contribution is 8.04. The third-order valence-electron chi connectivity index (χ3n) is 6.49. The van der Waals surface area contributed by atoms with Crippen LogP contribution in [0.15, 0.2) is 101 Å². The number of thioether (sulfide) groups is 1. The average Bonchev–Trinajstić information content (AvgIpc) is 3.08. The molecule has 26 heteroatoms. The molecule has 0 saturated heterocycles. The minimum atomic E-state index is -5.01. The van der Waals surface area contributed by atoms with Crippen LogP contribution in [0.3, 0.4) is 0 Å². The van der Waals surface area contributed by atoms with Gasteiger partial charge in [0.1, 0.15) is 16.3 Å². The molecule has 54 heavy (non-hydrogen) atoms. The second-order valence-corrected chi connectivity index (χ2v) is 16.5. The van der Waals surface area contributed by atoms with Crippen molar-refractivity contribution >= 4 is 93.4 Å². The highest BCUT2D eigenvalue weighted by atomic mass is 32.3. The molecule has 0 aliphatic rings. The molecule has 4 aromatic carbocycles. The van der Waals surface area contributed by atoms with E-state index in [4.69, 9.17) is 15.5 Å². The average molecular weight is 849 g/mol. The zero-order valence-corrected chi connectivity index (χ0v) is 31.5. The van der Waals surface area contributed by atoms with Crippen molar-refractivity contribution in [2.75, 3.05) is 32.1 Å². The third-order valence-corrected chi connectivity index (χ3v) is 10.6. The maximum absolute atomic E-state index is 12.6. The Hall–Kier alpha value is -4.47. The van der Waals surface area contributed by atoms with Crippen molar-refractivity contribution < 1.29 is 68.8 Å². The summed E-state index contributed by atoms with van der Waals surface area (Å²) in [5.74, 6) is -0.788. The van der Waals surface area contributed by atoms with Gasteiger partial charge in [-0.25, -0.2) is 13.7 Å². The molecule has 0 heterocycles. The van der Waals surface area contributed by atoms with Gasteiger partial charge in [0, 0.05) is 16.7 Å². The standard InChI is InChI=1S/C28H26N6O14S5.H2O/c1-34(2)11-14-51(37,38)21-9-5-19(6-10-21)31-33-27-23(52(39,40)41)16-17-15-22(50-47-46-36)26(28(35)24(17)25(27)29)32-30-18-3-7-20(8-4-18)49-13-12-45-48-53(42,43)44;/h3-10,15-16,35-36H,11,14,29H2,1-2H3,(H,39,40,41)(H,42,43,44);1H2. The lowest BCUT2D eigenvalue weighted by Crippen LogP contribution is -2.21. The zero-order valence-electron chi connectivity index (χ0n) is 27.4. The number of hydrogen-bond donors (Lipinski definition) is 5. The number of phenols is 1. The van der Waals surface area contributed by atoms with Crippen LogP contribution < -0.4 is 5.73 Å². The summed E-state index contributed by atoms with van der Waals surface area (Å²) in [5, 5.41) is 41.9. The second kappa shape index (κ2) is 18.7. The zero-order chi connectivity index (χ0) is 39.0. The number of azo groups is 2. The Morgan fingerprint density at radius 2 is 1.46 bits per heavy atom. The number of nitrogens with two attached hydrogens (primary N) is 1. The van der Waals surface area contributed by atoms with E-state index in [9.17, 15) is 34.9 Å². The van der Waals surface area contributed by atoms with E-state index in [0.29, 0.717) is 23.5 Å². The summed E-state index contributed by atoms with van der Waals surface area (Å²) >= 11 is 1.24. The molecule has 0 fully saturated rings. The summed E-state index contributed by atoms with van der Waals surface area (Å²) in [5.41, 5.74) is 5.34. The van der Waals surface area contributed by atoms with Crippen molar-refractivity contribution in [2.24, 2.45) is 20.5 Å². The van der Waals surface area contributed by atoms with E-state index >= 15 is 0 Å². The Morgan fingerprint density at radius 3 is 2.02 bits per heavy atom. The van der Waals surface area contributed by atoms with Gasteiger partial charge in [-0.3, -0.25) is 14.0 Å². The number of aromatic hydroxyl groups is 1. The highest BCUT2D eigenvalue weighted by Crippen LogP contribution is 2.49. The normalized spacial score (nSPS) is 12.3. The number of phenolic OH excluding ortho intramolecular Hbond substituents is 1. The minimum absolute atomic E-state index is 0. The molecule has 0 amide bonds. The molecule has 0 aromatic heterocycles. The summed E-state index contributed by atoms with van der Waals surface area (Å²) in [4.78, 5) is 5.43. The fourth-order valence-corrected chi connectivity index (χ4v) is 7.26. The van der Waals surface area contributed by atoms with Gasteiger partial charge in [0.2, 0.25) is 0 Å². The first kappa shape index (κ1) is 43.9. The Bertz CT molecular complexity index is 2440. The van der Waals surface area contributed by atoms with Crippen molar-refractivity contribution in [2.45, 2.75) is 19.6 Å². The Morgan fingerprint density at radius 1 is 0.870 bits per heavy atom. The number of benzene rings is 4. The maximum atomic E-state index is 12.6. The third kappa shape index (κ3) is 12.0. The number of nitrogen functional groups attached to an aromatic ring is 1. The number of anilines is 1. The van der Waals surface area contributed by atoms with E-state index in [1.165, 1.54) is 42.5 Å². The fourth-order valence-electron chi connectivity index (χ4n) is 4.12. The predicted octanol–water partition coefficient (Wildman–Crippen LogP) is 4.91. The van der Waals surface area contributed by atoms with Gasteiger partial charge in [0.05, 0.1) is 50.0 Å². The number of fused-ring (bicyclic) bond motifs is 1. The topological polar surface area (TPSA) is 330 Å². The molecule has 0 atom stereocenters. The molecule has 4 rings (SSSR count). The summed E-state index contributed by atoms with van der Waals surface area (Å²) in [7, 11) is -9.98. The summed E-state index contributed by atoms with van der Waals surface area (Å²) in [6.07, 6.45) is 1.89. The van der Waals surface area contributed by atoms with E-state index in [1.807, 2.05) is 6.11 Å². The number of rotatable bonds is 15. The predicted molar refractivity (Wildman–Crippen MR) is 193 cm³/mol. The quantitative estimate of drug-likeness (QED) is 0.0155. The number of sulfone groups is 1. The molecular formula is C28H28N6O15S5. The van der Waals surface area contributed by atoms with Crippen LogP contribution in [0.25, 0.3) is 10.8 Å². The van der Waals surface area contributed by atoms with Gasteiger partial charge < -0.3 is 21.2 Å². The maximum Gasteiger partial charge on any atom is 0.433 e. The van der Waals surface area contributed by atoms with Crippen LogP contribution in [0, 0.1) is 11.4 Å². The first-order valence-electron chi connectivity index (χ1n) is 14.0. The number of nitrogens with zero attached hydrogens (tertiary/aromatic N) is 5. The summed E-state index contributed by atoms with van der Waals surface area (Å²) in [6.45, 7) is 0.296. The fraction of sp³-hybridized carbons (Fsp3) is 0.143. The smallest absolute Gasteiger partial charge is 0.433 e. The van der Waals surface area contributed by atoms with E-state index in [-0.39, 0.29) is 48.9 Å². The van der Waals surface area contributed by atoms with Gasteiger partial charge in [-0.1, -0.05) is 5.04 Å². The van der Waals surface area contributed by atoms with Crippen molar-refractivity contribution in [3.63, 3.8) is 0 Å². The molecule has 0 saturated carbocycles. The molecule has 0 spiro atoms. The molecule has 0 bridgehead atoms. The lowest BCUT2D eigenvalue weighted by molar-refractivity contribution is -0.432. The van der Waals surface area contributed by atoms with Crippen molar-refractivity contribution in [1.82, 2.24) is 4.90 Å². The first-order valence-corrected chi connectivity index (χ1v) is 20.1. The minimum Gasteiger partial charge on any atom is -0.505 e. The van der Waals surface area contributed by atoms with E-state index < -0.39 is 52.4 Å². The summed E-state index contributed by atoms with van der Waals surface area (Å²) < 4.78 is 97.6. The Balaban J connectivity index is 0.00000784. The van der Waals surface area contributed by atoms with Crippen molar-refractivity contribution in [3.8, 4) is 17.1 Å². The van der Waals surface area contributed by atoms with Crippen LogP contribution >= 0.6 is 23.8 Å². The first-order chi connectivity index (χ1) is 24.9. The van der Waals surface area contributed by atoms with Gasteiger partial charge in [-0.15, -0.1) is 14.6 Å². The van der Waals surface area contributed by atoms with E-state index in [2.05, 4.69) is 44.3 Å². The molecule has 21 nitrogen and oxygen atoms in total. The second-order valence-electron chi connectivity index (χ2n) is 10.4. The molecule has 8 N–H and O–H groups in total. The van der Waals surface area contributed by atoms with Gasteiger partial charge in [0.15, 0.2) is 21.7 Å². The monoisotopic (exact) mass is 848 g/mol. The van der Waals surface area contributed by atoms with E-state index in [0.717, 1.165) is 17.8 Å². The molecule has 0 radical (unpaired) electrons. The van der Waals surface area contributed by atoms with Crippen LogP contribution in [0.5, 0.6) is 5.75 Å². The van der Waals surface area contributed by atoms with Crippen LogP contribution in [-0.2, 0) is 48.9 Å². The van der Waals surface area contributed by atoms with Crippen molar-refractivity contribution in [3.05, 3.63) is 60.7 Å². The Kier molecular flexibility index (Phi) is 15.2. The largest absolute Gasteiger partial charge is 0.505 e. The molecule has 0 aliphatic heterocycles. The molecule has 4 aromatic rings. The van der Waals surface area contributed by atoms with Gasteiger partial charge in [-0.2, -0.15) is 27.1 Å². The summed E-state index contributed by atoms with van der Waals surface area (Å²) in [6, 6.07) is 13.5. The van der Waals surface area contributed by atoms with Crippen LogP contribution in [-0.4, -0.2) is 81.5 Å². The SMILES string of the molecule is CN(C)CCS(=O)(=O)c1ccc(N=Nc2c(S(=O)(=O)O)cc3cc(SOOO)c(N=Nc4ccc(SC#COOS(=O)(=O)O)cc4)c(O)c3c2N)cc1.O. The van der Waals surface area contributed by atoms with E-state index in [1.54, 1.807) is 31.1 Å². The van der Waals surface area contributed by atoms with Crippen LogP contribution in [0.2, 0.25) is 0 Å². The molecular weight excluding hydrogens is 821 g/mol. The van der Waals surface area contributed by atoms with Gasteiger partial charge in [-0.05, 0) is 96.2 Å².